The lowest BCUT2D eigenvalue weighted by Crippen LogP contribution is -2.49. The highest BCUT2D eigenvalue weighted by Crippen LogP contribution is 2.13. The van der Waals surface area contributed by atoms with E-state index in [0.29, 0.717) is 21.4 Å². The fourth-order valence-corrected chi connectivity index (χ4v) is 2.58. The van der Waals surface area contributed by atoms with Gasteiger partial charge in [-0.05, 0) is 38.1 Å². The highest BCUT2D eigenvalue weighted by atomic mass is 32.1. The Morgan fingerprint density at radius 1 is 0.741 bits per heavy atom. The average Bonchev–Trinajstić information content (AvgIpc) is 2.65. The van der Waals surface area contributed by atoms with Gasteiger partial charge in [-0.2, -0.15) is 0 Å². The van der Waals surface area contributed by atoms with Gasteiger partial charge in [0.25, 0.3) is 0 Å². The van der Waals surface area contributed by atoms with Gasteiger partial charge in [-0.3, -0.25) is 20.4 Å². The predicted octanol–water partition coefficient (Wildman–Crippen LogP) is 3.15. The number of hydrazine groups is 2. The maximum atomic E-state index is 12.3. The van der Waals surface area contributed by atoms with Crippen molar-refractivity contribution in [2.45, 2.75) is 20.3 Å². The molecule has 140 valence electrons. The van der Waals surface area contributed by atoms with Crippen LogP contribution >= 0.6 is 24.4 Å². The number of nitrogens with zero attached hydrogens (tertiary/aromatic N) is 2. The summed E-state index contributed by atoms with van der Waals surface area (Å²) in [5.41, 5.74) is 6.71. The van der Waals surface area contributed by atoms with Crippen LogP contribution in [-0.2, 0) is 9.59 Å². The zero-order valence-electron chi connectivity index (χ0n) is 15.0. The lowest BCUT2D eigenvalue weighted by molar-refractivity contribution is -0.129. The molecular weight excluding hydrogens is 380 g/mol. The van der Waals surface area contributed by atoms with Crippen LogP contribution in [0, 0.1) is 0 Å². The molecule has 0 aliphatic carbocycles. The van der Waals surface area contributed by atoms with Crippen LogP contribution in [-0.4, -0.2) is 21.8 Å². The first-order chi connectivity index (χ1) is 12.9. The maximum absolute atomic E-state index is 12.3. The first-order valence-electron chi connectivity index (χ1n) is 8.19. The van der Waals surface area contributed by atoms with E-state index in [1.807, 2.05) is 60.7 Å². The highest BCUT2D eigenvalue weighted by molar-refractivity contribution is 7.80. The lowest BCUT2D eigenvalue weighted by Gasteiger charge is -2.25. The van der Waals surface area contributed by atoms with Crippen LogP contribution in [0.3, 0.4) is 0 Å². The Balaban J connectivity index is 2.00. The largest absolute Gasteiger partial charge is 0.273 e. The quantitative estimate of drug-likeness (QED) is 0.467. The summed E-state index contributed by atoms with van der Waals surface area (Å²) in [5, 5.41) is 2.93. The van der Waals surface area contributed by atoms with Gasteiger partial charge < -0.3 is 0 Å². The summed E-state index contributed by atoms with van der Waals surface area (Å²) < 4.78 is 0. The molecule has 2 aromatic carbocycles. The van der Waals surface area contributed by atoms with Crippen LogP contribution in [0.4, 0.5) is 11.4 Å². The Morgan fingerprint density at radius 3 is 1.37 bits per heavy atom. The fraction of sp³-hybridized carbons (Fsp3) is 0.158. The van der Waals surface area contributed by atoms with Crippen LogP contribution in [0.15, 0.2) is 60.7 Å². The van der Waals surface area contributed by atoms with Gasteiger partial charge in [-0.1, -0.05) is 60.8 Å². The molecule has 0 saturated heterocycles. The number of nitrogens with one attached hydrogen (secondary N) is 2. The number of amides is 2. The lowest BCUT2D eigenvalue weighted by atomic mass is 10.3. The van der Waals surface area contributed by atoms with E-state index < -0.39 is 11.8 Å². The van der Waals surface area contributed by atoms with E-state index in [1.165, 1.54) is 10.0 Å². The minimum absolute atomic E-state index is 0.377. The van der Waals surface area contributed by atoms with Gasteiger partial charge in [0.2, 0.25) is 11.8 Å². The second-order valence-corrected chi connectivity index (χ2v) is 6.81. The Hall–Kier alpha value is -2.84. The minimum Gasteiger partial charge on any atom is -0.273 e. The number of hydrogen-bond donors (Lipinski definition) is 2. The standard InChI is InChI=1S/C19H20N4O2S2/c1-14(26)22(16-9-5-3-6-10-16)20-18(24)13-19(25)21-23(15(2)27)17-11-7-4-8-12-17/h3-12H,13H2,1-2H3,(H,20,24)(H,21,25). The zero-order valence-corrected chi connectivity index (χ0v) is 16.6. The molecule has 0 bridgehead atoms. The van der Waals surface area contributed by atoms with Crippen LogP contribution in [0.1, 0.15) is 20.3 Å². The third kappa shape index (κ3) is 6.12. The van der Waals surface area contributed by atoms with Crippen molar-refractivity contribution < 1.29 is 9.59 Å². The molecule has 2 aromatic rings. The number of hydrogen-bond acceptors (Lipinski definition) is 4. The predicted molar refractivity (Wildman–Crippen MR) is 115 cm³/mol. The van der Waals surface area contributed by atoms with E-state index in [-0.39, 0.29) is 6.42 Å². The van der Waals surface area contributed by atoms with Gasteiger partial charge in [-0.15, -0.1) is 0 Å². The molecule has 8 heteroatoms. The molecule has 0 atom stereocenters. The normalized spacial score (nSPS) is 9.85. The Morgan fingerprint density at radius 2 is 1.07 bits per heavy atom. The molecule has 0 saturated carbocycles. The molecule has 6 nitrogen and oxygen atoms in total. The van der Waals surface area contributed by atoms with E-state index in [0.717, 1.165) is 0 Å². The third-order valence-corrected chi connectivity index (χ3v) is 3.82. The van der Waals surface area contributed by atoms with Gasteiger partial charge in [0.1, 0.15) is 6.42 Å². The van der Waals surface area contributed by atoms with Crippen LogP contribution in [0.5, 0.6) is 0 Å². The number of rotatable bonds is 4. The molecule has 0 fully saturated rings. The van der Waals surface area contributed by atoms with Crippen LogP contribution in [0.2, 0.25) is 0 Å². The molecule has 0 aromatic heterocycles. The topological polar surface area (TPSA) is 64.7 Å². The Kier molecular flexibility index (Phi) is 7.39. The summed E-state index contributed by atoms with van der Waals surface area (Å²) in [6.45, 7) is 3.38. The van der Waals surface area contributed by atoms with Crippen molar-refractivity contribution in [2.24, 2.45) is 0 Å². The van der Waals surface area contributed by atoms with Crippen molar-refractivity contribution in [1.29, 1.82) is 0 Å². The first kappa shape index (κ1) is 20.5. The number of carbonyl (C=O) groups excluding carboxylic acids is 2. The highest BCUT2D eigenvalue weighted by Gasteiger charge is 2.18. The van der Waals surface area contributed by atoms with E-state index in [9.17, 15) is 9.59 Å². The number of carbonyl (C=O) groups is 2. The minimum atomic E-state index is -0.490. The van der Waals surface area contributed by atoms with Gasteiger partial charge in [-0.25, -0.2) is 10.0 Å². The number of anilines is 2. The van der Waals surface area contributed by atoms with Crippen molar-refractivity contribution in [1.82, 2.24) is 10.9 Å². The van der Waals surface area contributed by atoms with E-state index >= 15 is 0 Å². The molecule has 0 radical (unpaired) electrons. The van der Waals surface area contributed by atoms with Gasteiger partial charge >= 0.3 is 0 Å². The second kappa shape index (κ2) is 9.75. The van der Waals surface area contributed by atoms with E-state index in [1.54, 1.807) is 13.8 Å². The van der Waals surface area contributed by atoms with Crippen LogP contribution < -0.4 is 20.9 Å². The van der Waals surface area contributed by atoms with Crippen molar-refractivity contribution in [3.8, 4) is 0 Å². The third-order valence-electron chi connectivity index (χ3n) is 3.45. The molecule has 0 aliphatic rings. The van der Waals surface area contributed by atoms with Gasteiger partial charge in [0.05, 0.1) is 21.4 Å². The molecule has 2 amide bonds. The molecular formula is C19H20N4O2S2. The maximum Gasteiger partial charge on any atom is 0.248 e. The summed E-state index contributed by atoms with van der Waals surface area (Å²) in [4.78, 5) is 25.5. The van der Waals surface area contributed by atoms with E-state index in [2.05, 4.69) is 10.9 Å². The number of thiocarbonyl (C=S) groups is 2. The molecule has 0 spiro atoms. The monoisotopic (exact) mass is 400 g/mol. The Bertz CT molecular complexity index is 759. The second-order valence-electron chi connectivity index (χ2n) is 5.63. The average molecular weight is 401 g/mol. The summed E-state index contributed by atoms with van der Waals surface area (Å²) in [6.07, 6.45) is -0.377. The van der Waals surface area contributed by atoms with Crippen molar-refractivity contribution >= 4 is 57.6 Å². The first-order valence-corrected chi connectivity index (χ1v) is 9.00. The summed E-state index contributed by atoms with van der Waals surface area (Å²) in [6, 6.07) is 18.3. The van der Waals surface area contributed by atoms with Crippen molar-refractivity contribution in [3.63, 3.8) is 0 Å². The smallest absolute Gasteiger partial charge is 0.248 e. The van der Waals surface area contributed by atoms with Crippen molar-refractivity contribution in [3.05, 3.63) is 60.7 Å². The van der Waals surface area contributed by atoms with Crippen LogP contribution in [0.25, 0.3) is 0 Å². The molecule has 0 aliphatic heterocycles. The molecule has 0 unspecified atom stereocenters. The summed E-state index contributed by atoms with van der Waals surface area (Å²) in [5.74, 6) is -0.980. The summed E-state index contributed by atoms with van der Waals surface area (Å²) in [7, 11) is 0. The van der Waals surface area contributed by atoms with E-state index in [4.69, 9.17) is 24.4 Å². The number of para-hydroxylation sites is 2. The molecule has 0 heterocycles. The van der Waals surface area contributed by atoms with Crippen molar-refractivity contribution in [2.75, 3.05) is 10.0 Å². The number of benzene rings is 2. The zero-order chi connectivity index (χ0) is 19.8. The Labute approximate surface area is 169 Å². The molecule has 2 rings (SSSR count). The SMILES string of the molecule is CC(=S)N(NC(=O)CC(=O)NN(C(C)=S)c1ccccc1)c1ccccc1. The molecule has 27 heavy (non-hydrogen) atoms. The van der Waals surface area contributed by atoms with Gasteiger partial charge in [0.15, 0.2) is 0 Å². The summed E-state index contributed by atoms with van der Waals surface area (Å²) >= 11 is 10.4. The fourth-order valence-electron chi connectivity index (χ4n) is 2.28. The van der Waals surface area contributed by atoms with Gasteiger partial charge in [0, 0.05) is 0 Å². The molecule has 2 N–H and O–H groups in total.